The predicted molar refractivity (Wildman–Crippen MR) is 68.4 cm³/mol. The molecule has 19 heavy (non-hydrogen) atoms. The largest absolute Gasteiger partial charge is 0.495 e. The van der Waals surface area contributed by atoms with Crippen LogP contribution < -0.4 is 15.4 Å². The molecule has 2 N–H and O–H groups in total. The summed E-state index contributed by atoms with van der Waals surface area (Å²) < 4.78 is 44.2. The third kappa shape index (κ3) is 2.88. The zero-order valence-electron chi connectivity index (χ0n) is 10.7. The van der Waals surface area contributed by atoms with Crippen molar-refractivity contribution in [1.29, 1.82) is 0 Å². The number of methoxy groups -OCH3 is 1. The Labute approximate surface area is 110 Å². The van der Waals surface area contributed by atoms with Gasteiger partial charge in [0.2, 0.25) is 0 Å². The van der Waals surface area contributed by atoms with Gasteiger partial charge in [0, 0.05) is 18.3 Å². The summed E-state index contributed by atoms with van der Waals surface area (Å²) >= 11 is 0. The minimum atomic E-state index is -4.21. The Morgan fingerprint density at radius 2 is 2.05 bits per heavy atom. The quantitative estimate of drug-likeness (QED) is 0.842. The number of halogens is 3. The van der Waals surface area contributed by atoms with Crippen molar-refractivity contribution >= 4 is 11.4 Å². The van der Waals surface area contributed by atoms with Crippen molar-refractivity contribution in [1.82, 2.24) is 0 Å². The first-order valence-electron chi connectivity index (χ1n) is 6.20. The molecule has 0 unspecified atom stereocenters. The Kier molecular flexibility index (Phi) is 3.78. The van der Waals surface area contributed by atoms with Gasteiger partial charge in [-0.15, -0.1) is 0 Å². The van der Waals surface area contributed by atoms with Gasteiger partial charge < -0.3 is 15.4 Å². The summed E-state index contributed by atoms with van der Waals surface area (Å²) in [4.78, 5) is 1.39. The van der Waals surface area contributed by atoms with Gasteiger partial charge in [-0.1, -0.05) is 0 Å². The molecule has 1 heterocycles. The number of piperidine rings is 1. The fourth-order valence-electron chi connectivity index (χ4n) is 2.46. The lowest BCUT2D eigenvalue weighted by Gasteiger charge is -2.38. The van der Waals surface area contributed by atoms with Crippen LogP contribution in [-0.2, 0) is 0 Å². The maximum Gasteiger partial charge on any atom is 0.408 e. The monoisotopic (exact) mass is 274 g/mol. The Morgan fingerprint density at radius 3 is 2.68 bits per heavy atom. The van der Waals surface area contributed by atoms with Crippen LogP contribution in [-0.4, -0.2) is 25.9 Å². The molecule has 1 aromatic carbocycles. The predicted octanol–water partition coefficient (Wildman–Crippen LogP) is 3.20. The van der Waals surface area contributed by atoms with Gasteiger partial charge >= 0.3 is 6.18 Å². The molecule has 0 amide bonds. The summed E-state index contributed by atoms with van der Waals surface area (Å²) in [5.41, 5.74) is 6.61. The molecule has 0 aromatic heterocycles. The number of hydrogen-bond acceptors (Lipinski definition) is 3. The number of benzene rings is 1. The van der Waals surface area contributed by atoms with Crippen molar-refractivity contribution in [3.05, 3.63) is 18.2 Å². The average molecular weight is 274 g/mol. The van der Waals surface area contributed by atoms with Crippen LogP contribution in [0, 0.1) is 0 Å². The van der Waals surface area contributed by atoms with E-state index in [2.05, 4.69) is 0 Å². The highest BCUT2D eigenvalue weighted by atomic mass is 19.4. The molecule has 3 nitrogen and oxygen atoms in total. The second-order valence-electron chi connectivity index (χ2n) is 4.67. The van der Waals surface area contributed by atoms with E-state index < -0.39 is 12.2 Å². The minimum absolute atomic E-state index is 0.135. The second kappa shape index (κ2) is 5.19. The summed E-state index contributed by atoms with van der Waals surface area (Å²) in [6.45, 7) is 0.400. The molecular weight excluding hydrogens is 257 g/mol. The molecule has 1 atom stereocenters. The maximum atomic E-state index is 13.0. The smallest absolute Gasteiger partial charge is 0.408 e. The number of hydrogen-bond donors (Lipinski definition) is 1. The second-order valence-corrected chi connectivity index (χ2v) is 4.67. The topological polar surface area (TPSA) is 38.5 Å². The summed E-state index contributed by atoms with van der Waals surface area (Å²) in [7, 11) is 1.45. The van der Waals surface area contributed by atoms with Gasteiger partial charge in [-0.05, 0) is 31.4 Å². The fourth-order valence-corrected chi connectivity index (χ4v) is 2.46. The van der Waals surface area contributed by atoms with Gasteiger partial charge in [0.05, 0.1) is 12.8 Å². The van der Waals surface area contributed by atoms with Crippen LogP contribution in [0.4, 0.5) is 24.5 Å². The van der Waals surface area contributed by atoms with Crippen LogP contribution in [0.2, 0.25) is 0 Å². The highest BCUT2D eigenvalue weighted by molar-refractivity contribution is 5.63. The van der Waals surface area contributed by atoms with Crippen LogP contribution in [0.25, 0.3) is 0 Å². The van der Waals surface area contributed by atoms with Crippen LogP contribution in [0.5, 0.6) is 5.75 Å². The van der Waals surface area contributed by atoms with Crippen molar-refractivity contribution < 1.29 is 17.9 Å². The van der Waals surface area contributed by atoms with Crippen molar-refractivity contribution in [2.75, 3.05) is 24.3 Å². The van der Waals surface area contributed by atoms with Gasteiger partial charge in [-0.25, -0.2) is 0 Å². The summed E-state index contributed by atoms with van der Waals surface area (Å²) in [5.74, 6) is 0.406. The minimum Gasteiger partial charge on any atom is -0.495 e. The van der Waals surface area contributed by atoms with E-state index in [1.165, 1.54) is 12.0 Å². The molecule has 1 aliphatic heterocycles. The summed E-state index contributed by atoms with van der Waals surface area (Å²) in [5, 5.41) is 0. The SMILES string of the molecule is COc1cc(N2CCCC[C@H]2C(F)(F)F)ccc1N. The molecule has 1 aromatic rings. The van der Waals surface area contributed by atoms with Crippen LogP contribution in [0.15, 0.2) is 18.2 Å². The number of ether oxygens (including phenoxy) is 1. The highest BCUT2D eigenvalue weighted by Crippen LogP contribution is 2.37. The lowest BCUT2D eigenvalue weighted by atomic mass is 10.0. The van der Waals surface area contributed by atoms with Crippen molar-refractivity contribution in [2.45, 2.75) is 31.5 Å². The zero-order valence-corrected chi connectivity index (χ0v) is 10.7. The van der Waals surface area contributed by atoms with E-state index in [0.29, 0.717) is 30.1 Å². The first kappa shape index (κ1) is 13.8. The fraction of sp³-hybridized carbons (Fsp3) is 0.538. The van der Waals surface area contributed by atoms with Gasteiger partial charge in [0.1, 0.15) is 11.8 Å². The van der Waals surface area contributed by atoms with Gasteiger partial charge in [0.25, 0.3) is 0 Å². The first-order chi connectivity index (χ1) is 8.93. The Balaban J connectivity index is 2.32. The van der Waals surface area contributed by atoms with E-state index in [1.54, 1.807) is 18.2 Å². The van der Waals surface area contributed by atoms with Gasteiger partial charge in [-0.3, -0.25) is 0 Å². The standard InChI is InChI=1S/C13H17F3N2O/c1-19-11-8-9(5-6-10(11)17)18-7-3-2-4-12(18)13(14,15)16/h5-6,8,12H,2-4,7,17H2,1H3/t12-/m0/s1. The lowest BCUT2D eigenvalue weighted by Crippen LogP contribution is -2.48. The van der Waals surface area contributed by atoms with Crippen LogP contribution >= 0.6 is 0 Å². The number of rotatable bonds is 2. The molecular formula is C13H17F3N2O. The molecule has 6 heteroatoms. The summed E-state index contributed by atoms with van der Waals surface area (Å²) in [6.07, 6.45) is -2.71. The molecule has 0 spiro atoms. The van der Waals surface area contributed by atoms with E-state index in [-0.39, 0.29) is 6.42 Å². The molecule has 0 aliphatic carbocycles. The van der Waals surface area contributed by atoms with E-state index in [0.717, 1.165) is 6.42 Å². The molecule has 2 rings (SSSR count). The lowest BCUT2D eigenvalue weighted by molar-refractivity contribution is -0.152. The Hall–Kier alpha value is -1.59. The normalized spacial score (nSPS) is 20.4. The van der Waals surface area contributed by atoms with Crippen LogP contribution in [0.3, 0.4) is 0 Å². The molecule has 106 valence electrons. The van der Waals surface area contributed by atoms with Gasteiger partial charge in [-0.2, -0.15) is 13.2 Å². The van der Waals surface area contributed by atoms with E-state index in [9.17, 15) is 13.2 Å². The first-order valence-corrected chi connectivity index (χ1v) is 6.20. The van der Waals surface area contributed by atoms with Crippen molar-refractivity contribution in [3.8, 4) is 5.75 Å². The molecule has 0 saturated carbocycles. The number of anilines is 2. The third-order valence-corrected chi connectivity index (χ3v) is 3.43. The molecule has 1 fully saturated rings. The zero-order chi connectivity index (χ0) is 14.0. The van der Waals surface area contributed by atoms with Crippen molar-refractivity contribution in [3.63, 3.8) is 0 Å². The number of nitrogens with two attached hydrogens (primary N) is 1. The van der Waals surface area contributed by atoms with E-state index in [1.807, 2.05) is 0 Å². The average Bonchev–Trinajstić information content (AvgIpc) is 2.38. The Morgan fingerprint density at radius 1 is 1.32 bits per heavy atom. The maximum absolute atomic E-state index is 13.0. The van der Waals surface area contributed by atoms with Gasteiger partial charge in [0.15, 0.2) is 0 Å². The number of alkyl halides is 3. The molecule has 0 radical (unpaired) electrons. The summed E-state index contributed by atoms with van der Waals surface area (Å²) in [6, 6.07) is 3.34. The van der Waals surface area contributed by atoms with E-state index >= 15 is 0 Å². The number of nitrogen functional groups attached to an aromatic ring is 1. The van der Waals surface area contributed by atoms with Crippen molar-refractivity contribution in [2.24, 2.45) is 0 Å². The highest BCUT2D eigenvalue weighted by Gasteiger charge is 2.44. The van der Waals surface area contributed by atoms with E-state index in [4.69, 9.17) is 10.5 Å². The number of nitrogens with zero attached hydrogens (tertiary/aromatic N) is 1. The Bertz CT molecular complexity index is 448. The molecule has 1 aliphatic rings. The van der Waals surface area contributed by atoms with Crippen LogP contribution in [0.1, 0.15) is 19.3 Å². The molecule has 0 bridgehead atoms. The third-order valence-electron chi connectivity index (χ3n) is 3.43. The molecule has 1 saturated heterocycles.